The van der Waals surface area contributed by atoms with Gasteiger partial charge in [0, 0.05) is 28.7 Å². The van der Waals surface area contributed by atoms with Crippen LogP contribution in [0.15, 0.2) is 54.9 Å². The molecular formula is C23H23ClN4O2. The third kappa shape index (κ3) is 5.34. The third-order valence-corrected chi connectivity index (χ3v) is 5.28. The van der Waals surface area contributed by atoms with E-state index in [9.17, 15) is 4.79 Å². The van der Waals surface area contributed by atoms with Crippen LogP contribution >= 0.6 is 11.6 Å². The molecule has 2 aromatic carbocycles. The molecule has 1 saturated carbocycles. The van der Waals surface area contributed by atoms with Crippen molar-refractivity contribution in [3.63, 3.8) is 0 Å². The zero-order valence-electron chi connectivity index (χ0n) is 16.7. The van der Waals surface area contributed by atoms with E-state index in [1.54, 1.807) is 0 Å². The molecule has 30 heavy (non-hydrogen) atoms. The van der Waals surface area contributed by atoms with E-state index in [0.717, 1.165) is 29.7 Å². The highest BCUT2D eigenvalue weighted by Gasteiger charge is 2.25. The maximum absolute atomic E-state index is 12.2. The molecule has 1 amide bonds. The van der Waals surface area contributed by atoms with Crippen molar-refractivity contribution in [2.45, 2.75) is 31.6 Å². The molecule has 2 N–H and O–H groups in total. The highest BCUT2D eigenvalue weighted by atomic mass is 35.5. The van der Waals surface area contributed by atoms with E-state index in [0.29, 0.717) is 22.5 Å². The molecule has 7 heteroatoms. The lowest BCUT2D eigenvalue weighted by molar-refractivity contribution is 0.0537. The van der Waals surface area contributed by atoms with Crippen LogP contribution in [0.3, 0.4) is 0 Å². The summed E-state index contributed by atoms with van der Waals surface area (Å²) >= 11 is 5.91. The number of hydrogen-bond donors (Lipinski definition) is 2. The van der Waals surface area contributed by atoms with Crippen molar-refractivity contribution in [3.05, 3.63) is 82.1 Å². The van der Waals surface area contributed by atoms with Gasteiger partial charge in [-0.15, -0.1) is 0 Å². The lowest BCUT2D eigenvalue weighted by atomic mass is 9.98. The smallest absolute Gasteiger partial charge is 0.274 e. The van der Waals surface area contributed by atoms with E-state index in [4.69, 9.17) is 16.4 Å². The molecule has 0 radical (unpaired) electrons. The zero-order valence-corrected chi connectivity index (χ0v) is 17.4. The number of nitrogens with one attached hydrogen (secondary N) is 2. The average molecular weight is 423 g/mol. The lowest BCUT2D eigenvalue weighted by Gasteiger charge is -2.10. The summed E-state index contributed by atoms with van der Waals surface area (Å²) in [6, 6.07) is 13.5. The first-order valence-corrected chi connectivity index (χ1v) is 10.3. The van der Waals surface area contributed by atoms with Gasteiger partial charge in [-0.1, -0.05) is 17.7 Å². The molecule has 1 heterocycles. The van der Waals surface area contributed by atoms with Gasteiger partial charge in [0.1, 0.15) is 0 Å². The minimum Gasteiger partial charge on any atom is -0.324 e. The summed E-state index contributed by atoms with van der Waals surface area (Å²) in [5.41, 5.74) is 7.32. The fraction of sp³-hybridized carbons (Fsp3) is 0.261. The van der Waals surface area contributed by atoms with Crippen molar-refractivity contribution in [1.82, 2.24) is 15.4 Å². The van der Waals surface area contributed by atoms with Crippen LogP contribution in [0.4, 0.5) is 11.6 Å². The molecule has 0 saturated heterocycles. The molecule has 3 aromatic rings. The van der Waals surface area contributed by atoms with Crippen molar-refractivity contribution < 1.29 is 9.63 Å². The second-order valence-electron chi connectivity index (χ2n) is 7.42. The standard InChI is InChI=1S/C23H23ClN4O2/c1-30-28-22(29)19-11-15(10-18(12-19)17-4-5-17)2-3-16-13-25-23(26-14-16)27-21-8-6-20(24)7-9-21/h6-14,17H,2-5H2,1H3,(H,28,29)(H,25,26,27). The Morgan fingerprint density at radius 1 is 1.07 bits per heavy atom. The molecule has 0 bridgehead atoms. The summed E-state index contributed by atoms with van der Waals surface area (Å²) in [6.45, 7) is 0. The van der Waals surface area contributed by atoms with Crippen molar-refractivity contribution in [1.29, 1.82) is 0 Å². The second-order valence-corrected chi connectivity index (χ2v) is 7.86. The Morgan fingerprint density at radius 2 is 1.77 bits per heavy atom. The fourth-order valence-corrected chi connectivity index (χ4v) is 3.42. The normalized spacial score (nSPS) is 13.1. The van der Waals surface area contributed by atoms with Gasteiger partial charge in [0.15, 0.2) is 0 Å². The highest BCUT2D eigenvalue weighted by Crippen LogP contribution is 2.40. The van der Waals surface area contributed by atoms with Crippen LogP contribution in [0.25, 0.3) is 0 Å². The van der Waals surface area contributed by atoms with Gasteiger partial charge in [-0.3, -0.25) is 9.63 Å². The maximum atomic E-state index is 12.2. The van der Waals surface area contributed by atoms with Gasteiger partial charge in [-0.2, -0.15) is 0 Å². The maximum Gasteiger partial charge on any atom is 0.274 e. The lowest BCUT2D eigenvalue weighted by Crippen LogP contribution is -2.22. The summed E-state index contributed by atoms with van der Waals surface area (Å²) in [6.07, 6.45) is 7.63. The predicted octanol–water partition coefficient (Wildman–Crippen LogP) is 4.83. The second kappa shape index (κ2) is 9.24. The number of benzene rings is 2. The Hall–Kier alpha value is -2.96. The van der Waals surface area contributed by atoms with Crippen LogP contribution in [-0.4, -0.2) is 23.0 Å². The fourth-order valence-electron chi connectivity index (χ4n) is 3.30. The first-order valence-electron chi connectivity index (χ1n) is 9.91. The van der Waals surface area contributed by atoms with E-state index in [2.05, 4.69) is 26.8 Å². The number of aromatic nitrogens is 2. The van der Waals surface area contributed by atoms with E-state index < -0.39 is 0 Å². The Kier molecular flexibility index (Phi) is 6.26. The molecule has 1 aromatic heterocycles. The molecule has 1 fully saturated rings. The van der Waals surface area contributed by atoms with Gasteiger partial charge in [-0.05, 0) is 84.7 Å². The van der Waals surface area contributed by atoms with Crippen LogP contribution in [0.1, 0.15) is 45.8 Å². The Morgan fingerprint density at radius 3 is 2.43 bits per heavy atom. The van der Waals surface area contributed by atoms with Crippen molar-refractivity contribution in [2.75, 3.05) is 12.4 Å². The molecule has 6 nitrogen and oxygen atoms in total. The Bertz CT molecular complexity index is 1020. The number of hydroxylamine groups is 1. The van der Waals surface area contributed by atoms with E-state index >= 15 is 0 Å². The summed E-state index contributed by atoms with van der Waals surface area (Å²) in [5, 5.41) is 3.84. The van der Waals surface area contributed by atoms with Crippen molar-refractivity contribution in [2.24, 2.45) is 0 Å². The number of carbonyl (C=O) groups is 1. The molecule has 1 aliphatic carbocycles. The molecule has 0 unspecified atom stereocenters. The number of carbonyl (C=O) groups excluding carboxylic acids is 1. The minimum atomic E-state index is -0.220. The van der Waals surface area contributed by atoms with Gasteiger partial charge < -0.3 is 5.32 Å². The molecule has 1 aliphatic rings. The SMILES string of the molecule is CONC(=O)c1cc(CCc2cnc(Nc3ccc(Cl)cc3)nc2)cc(C2CC2)c1. The van der Waals surface area contributed by atoms with Crippen LogP contribution in [0.2, 0.25) is 5.02 Å². The number of anilines is 2. The number of nitrogens with zero attached hydrogens (tertiary/aromatic N) is 2. The Balaban J connectivity index is 1.41. The molecular weight excluding hydrogens is 400 g/mol. The van der Waals surface area contributed by atoms with Gasteiger partial charge in [0.05, 0.1) is 7.11 Å². The number of hydrogen-bond acceptors (Lipinski definition) is 5. The van der Waals surface area contributed by atoms with Crippen LogP contribution in [-0.2, 0) is 17.7 Å². The summed E-state index contributed by atoms with van der Waals surface area (Å²) in [4.78, 5) is 25.8. The third-order valence-electron chi connectivity index (χ3n) is 5.03. The van der Waals surface area contributed by atoms with Crippen LogP contribution in [0, 0.1) is 0 Å². The summed E-state index contributed by atoms with van der Waals surface area (Å²) in [5.74, 6) is 0.887. The largest absolute Gasteiger partial charge is 0.324 e. The van der Waals surface area contributed by atoms with E-state index in [1.165, 1.54) is 25.5 Å². The predicted molar refractivity (Wildman–Crippen MR) is 117 cm³/mol. The van der Waals surface area contributed by atoms with Gasteiger partial charge in [-0.25, -0.2) is 15.4 Å². The minimum absolute atomic E-state index is 0.220. The van der Waals surface area contributed by atoms with Gasteiger partial charge >= 0.3 is 0 Å². The van der Waals surface area contributed by atoms with Crippen LogP contribution in [0.5, 0.6) is 0 Å². The highest BCUT2D eigenvalue weighted by molar-refractivity contribution is 6.30. The number of aryl methyl sites for hydroxylation is 2. The first kappa shape index (κ1) is 20.3. The monoisotopic (exact) mass is 422 g/mol. The quantitative estimate of drug-likeness (QED) is 0.508. The summed E-state index contributed by atoms with van der Waals surface area (Å²) in [7, 11) is 1.44. The van der Waals surface area contributed by atoms with Gasteiger partial charge in [0.2, 0.25) is 5.95 Å². The molecule has 4 rings (SSSR count). The van der Waals surface area contributed by atoms with Crippen molar-refractivity contribution >= 4 is 29.1 Å². The van der Waals surface area contributed by atoms with Crippen LogP contribution < -0.4 is 10.8 Å². The number of halogens is 1. The van der Waals surface area contributed by atoms with Gasteiger partial charge in [0.25, 0.3) is 5.91 Å². The molecule has 0 aliphatic heterocycles. The number of rotatable bonds is 8. The first-order chi connectivity index (χ1) is 14.6. The molecule has 0 spiro atoms. The van der Waals surface area contributed by atoms with Crippen molar-refractivity contribution in [3.8, 4) is 0 Å². The Labute approximate surface area is 180 Å². The zero-order chi connectivity index (χ0) is 20.9. The topological polar surface area (TPSA) is 76.1 Å². The molecule has 0 atom stereocenters. The average Bonchev–Trinajstić information content (AvgIpc) is 3.60. The molecule has 154 valence electrons. The summed E-state index contributed by atoms with van der Waals surface area (Å²) < 4.78 is 0. The van der Waals surface area contributed by atoms with E-state index in [1.807, 2.05) is 48.8 Å². The number of amides is 1. The van der Waals surface area contributed by atoms with E-state index in [-0.39, 0.29) is 5.91 Å².